The number of anilines is 1. The maximum atomic E-state index is 12.4. The monoisotopic (exact) mass is 331 g/mol. The number of hydrogen-bond acceptors (Lipinski definition) is 3. The Kier molecular flexibility index (Phi) is 5.34. The molecule has 0 aliphatic rings. The van der Waals surface area contributed by atoms with Crippen LogP contribution in [0.3, 0.4) is 0 Å². The van der Waals surface area contributed by atoms with Crippen LogP contribution in [0.4, 0.5) is 5.69 Å². The summed E-state index contributed by atoms with van der Waals surface area (Å²) in [4.78, 5) is 28.3. The van der Waals surface area contributed by atoms with Crippen LogP contribution in [0.25, 0.3) is 0 Å². The van der Waals surface area contributed by atoms with E-state index in [0.717, 1.165) is 5.56 Å². The molecule has 1 heterocycles. The fourth-order valence-electron chi connectivity index (χ4n) is 1.97. The van der Waals surface area contributed by atoms with Gasteiger partial charge in [0.15, 0.2) is 0 Å². The van der Waals surface area contributed by atoms with Gasteiger partial charge in [0.05, 0.1) is 0 Å². The van der Waals surface area contributed by atoms with Crippen molar-refractivity contribution < 1.29 is 9.59 Å². The first-order chi connectivity index (χ1) is 10.9. The summed E-state index contributed by atoms with van der Waals surface area (Å²) in [6, 6.07) is 8.31. The van der Waals surface area contributed by atoms with E-state index in [4.69, 9.17) is 11.6 Å². The summed E-state index contributed by atoms with van der Waals surface area (Å²) in [7, 11) is 0. The fourth-order valence-corrected chi connectivity index (χ4v) is 2.14. The second-order valence-electron chi connectivity index (χ2n) is 5.42. The number of aromatic nitrogens is 1. The molecule has 2 rings (SSSR count). The average molecular weight is 332 g/mol. The zero-order chi connectivity index (χ0) is 17.0. The molecular weight excluding hydrogens is 314 g/mol. The van der Waals surface area contributed by atoms with Gasteiger partial charge in [-0.1, -0.05) is 17.7 Å². The number of amides is 2. The van der Waals surface area contributed by atoms with Gasteiger partial charge in [-0.05, 0) is 50.6 Å². The fraction of sp³-hybridized carbons (Fsp3) is 0.235. The molecule has 23 heavy (non-hydrogen) atoms. The van der Waals surface area contributed by atoms with E-state index in [1.54, 1.807) is 24.3 Å². The predicted octanol–water partition coefficient (Wildman–Crippen LogP) is 3.43. The van der Waals surface area contributed by atoms with E-state index in [9.17, 15) is 9.59 Å². The van der Waals surface area contributed by atoms with Crippen LogP contribution in [0.15, 0.2) is 36.5 Å². The van der Waals surface area contributed by atoms with Crippen LogP contribution in [0.5, 0.6) is 0 Å². The summed E-state index contributed by atoms with van der Waals surface area (Å²) in [6.45, 7) is 5.54. The van der Waals surface area contributed by atoms with Crippen LogP contribution < -0.4 is 10.6 Å². The Bertz CT molecular complexity index is 744. The first-order valence-corrected chi connectivity index (χ1v) is 7.59. The smallest absolute Gasteiger partial charge is 0.270 e. The van der Waals surface area contributed by atoms with E-state index in [0.29, 0.717) is 16.3 Å². The number of benzene rings is 1. The number of nitrogens with one attached hydrogen (secondary N) is 2. The van der Waals surface area contributed by atoms with E-state index >= 15 is 0 Å². The summed E-state index contributed by atoms with van der Waals surface area (Å²) in [5, 5.41) is 6.11. The Morgan fingerprint density at radius 3 is 2.61 bits per heavy atom. The SMILES string of the molecule is Cc1c(Cl)cccc1NC(=O)c1ccnc(C(=O)NC(C)C)c1. The van der Waals surface area contributed by atoms with E-state index in [1.807, 2.05) is 20.8 Å². The third-order valence-electron chi connectivity index (χ3n) is 3.19. The van der Waals surface area contributed by atoms with Gasteiger partial charge in [-0.25, -0.2) is 0 Å². The van der Waals surface area contributed by atoms with Gasteiger partial charge < -0.3 is 10.6 Å². The zero-order valence-corrected chi connectivity index (χ0v) is 13.9. The molecule has 2 aromatic rings. The minimum absolute atomic E-state index is 0.00380. The van der Waals surface area contributed by atoms with Crippen LogP contribution in [-0.2, 0) is 0 Å². The highest BCUT2D eigenvalue weighted by Crippen LogP contribution is 2.23. The van der Waals surface area contributed by atoms with Crippen molar-refractivity contribution in [2.75, 3.05) is 5.32 Å². The first-order valence-electron chi connectivity index (χ1n) is 7.22. The number of carbonyl (C=O) groups is 2. The summed E-state index contributed by atoms with van der Waals surface area (Å²) in [5.41, 5.74) is 1.98. The van der Waals surface area contributed by atoms with Crippen LogP contribution in [0.1, 0.15) is 40.3 Å². The van der Waals surface area contributed by atoms with Gasteiger partial charge in [-0.2, -0.15) is 0 Å². The normalized spacial score (nSPS) is 10.5. The molecule has 0 aliphatic carbocycles. The molecule has 0 unspecified atom stereocenters. The minimum Gasteiger partial charge on any atom is -0.349 e. The number of carbonyl (C=O) groups excluding carboxylic acids is 2. The lowest BCUT2D eigenvalue weighted by Crippen LogP contribution is -2.31. The maximum Gasteiger partial charge on any atom is 0.270 e. The number of rotatable bonds is 4. The van der Waals surface area contributed by atoms with Crippen molar-refractivity contribution >= 4 is 29.1 Å². The van der Waals surface area contributed by atoms with Gasteiger partial charge in [-0.15, -0.1) is 0 Å². The molecule has 1 aromatic carbocycles. The number of halogens is 1. The second-order valence-corrected chi connectivity index (χ2v) is 5.83. The van der Waals surface area contributed by atoms with Crippen LogP contribution in [0.2, 0.25) is 5.02 Å². The molecule has 0 saturated carbocycles. The van der Waals surface area contributed by atoms with Gasteiger partial charge in [0, 0.05) is 28.5 Å². The summed E-state index contributed by atoms with van der Waals surface area (Å²) in [6.07, 6.45) is 1.44. The van der Waals surface area contributed by atoms with E-state index in [2.05, 4.69) is 15.6 Å². The van der Waals surface area contributed by atoms with E-state index < -0.39 is 0 Å². The number of pyridine rings is 1. The van der Waals surface area contributed by atoms with Crippen molar-refractivity contribution in [3.05, 3.63) is 58.4 Å². The number of hydrogen-bond donors (Lipinski definition) is 2. The Morgan fingerprint density at radius 2 is 1.91 bits per heavy atom. The molecule has 2 N–H and O–H groups in total. The van der Waals surface area contributed by atoms with Crippen molar-refractivity contribution in [3.63, 3.8) is 0 Å². The molecule has 5 nitrogen and oxygen atoms in total. The topological polar surface area (TPSA) is 71.1 Å². The minimum atomic E-state index is -0.323. The van der Waals surface area contributed by atoms with Gasteiger partial charge in [-0.3, -0.25) is 14.6 Å². The van der Waals surface area contributed by atoms with E-state index in [1.165, 1.54) is 12.3 Å². The van der Waals surface area contributed by atoms with E-state index in [-0.39, 0.29) is 23.6 Å². The molecule has 0 aliphatic heterocycles. The Balaban J connectivity index is 2.20. The Morgan fingerprint density at radius 1 is 1.17 bits per heavy atom. The van der Waals surface area contributed by atoms with Crippen molar-refractivity contribution in [2.24, 2.45) is 0 Å². The highest BCUT2D eigenvalue weighted by molar-refractivity contribution is 6.31. The Labute approximate surface area is 140 Å². The van der Waals surface area contributed by atoms with Crippen molar-refractivity contribution in [1.82, 2.24) is 10.3 Å². The third kappa shape index (κ3) is 4.29. The Hall–Kier alpha value is -2.40. The van der Waals surface area contributed by atoms with Crippen LogP contribution in [-0.4, -0.2) is 22.8 Å². The highest BCUT2D eigenvalue weighted by atomic mass is 35.5. The summed E-state index contributed by atoms with van der Waals surface area (Å²) in [5.74, 6) is -0.634. The predicted molar refractivity (Wildman–Crippen MR) is 91.0 cm³/mol. The van der Waals surface area contributed by atoms with Crippen LogP contribution in [0, 0.1) is 6.92 Å². The zero-order valence-electron chi connectivity index (χ0n) is 13.2. The second kappa shape index (κ2) is 7.24. The lowest BCUT2D eigenvalue weighted by molar-refractivity contribution is 0.0938. The van der Waals surface area contributed by atoms with Crippen molar-refractivity contribution in [3.8, 4) is 0 Å². The van der Waals surface area contributed by atoms with Crippen LogP contribution >= 0.6 is 11.6 Å². The summed E-state index contributed by atoms with van der Waals surface area (Å²) >= 11 is 6.04. The van der Waals surface area contributed by atoms with Gasteiger partial charge in [0.1, 0.15) is 5.69 Å². The first kappa shape index (κ1) is 17.0. The highest BCUT2D eigenvalue weighted by Gasteiger charge is 2.13. The maximum absolute atomic E-state index is 12.4. The molecule has 120 valence electrons. The molecule has 0 atom stereocenters. The lowest BCUT2D eigenvalue weighted by atomic mass is 10.1. The molecule has 0 saturated heterocycles. The van der Waals surface area contributed by atoms with Crippen molar-refractivity contribution in [2.45, 2.75) is 26.8 Å². The third-order valence-corrected chi connectivity index (χ3v) is 3.60. The molecular formula is C17H18ClN3O2. The van der Waals surface area contributed by atoms with Crippen molar-refractivity contribution in [1.29, 1.82) is 0 Å². The molecule has 0 fully saturated rings. The average Bonchev–Trinajstić information content (AvgIpc) is 2.51. The standard InChI is InChI=1S/C17H18ClN3O2/c1-10(2)20-17(23)15-9-12(7-8-19-15)16(22)21-14-6-4-5-13(18)11(14)3/h4-10H,1-3H3,(H,20,23)(H,21,22). The molecule has 2 amide bonds. The van der Waals surface area contributed by atoms with Gasteiger partial charge in [0.2, 0.25) is 0 Å². The molecule has 1 aromatic heterocycles. The molecule has 6 heteroatoms. The number of nitrogens with zero attached hydrogens (tertiary/aromatic N) is 1. The lowest BCUT2D eigenvalue weighted by Gasteiger charge is -2.11. The van der Waals surface area contributed by atoms with Gasteiger partial charge in [0.25, 0.3) is 11.8 Å². The molecule has 0 bridgehead atoms. The largest absolute Gasteiger partial charge is 0.349 e. The molecule has 0 spiro atoms. The summed E-state index contributed by atoms with van der Waals surface area (Å²) < 4.78 is 0. The molecule has 0 radical (unpaired) electrons. The van der Waals surface area contributed by atoms with Gasteiger partial charge >= 0.3 is 0 Å². The quantitative estimate of drug-likeness (QED) is 0.901.